The SMILES string of the molecule is c1csc(Cc2cnsn2)n1. The summed E-state index contributed by atoms with van der Waals surface area (Å²) in [5.41, 5.74) is 1.00. The van der Waals surface area contributed by atoms with Crippen LogP contribution in [-0.4, -0.2) is 13.7 Å². The summed E-state index contributed by atoms with van der Waals surface area (Å²) in [5.74, 6) is 0. The lowest BCUT2D eigenvalue weighted by atomic mass is 10.3. The smallest absolute Gasteiger partial charge is 0.0985 e. The van der Waals surface area contributed by atoms with Gasteiger partial charge in [-0.25, -0.2) is 4.98 Å². The monoisotopic (exact) mass is 183 g/mol. The van der Waals surface area contributed by atoms with E-state index in [1.807, 2.05) is 5.38 Å². The van der Waals surface area contributed by atoms with E-state index in [4.69, 9.17) is 0 Å². The van der Waals surface area contributed by atoms with Gasteiger partial charge in [-0.3, -0.25) is 0 Å². The van der Waals surface area contributed by atoms with Gasteiger partial charge >= 0.3 is 0 Å². The molecule has 2 aromatic rings. The molecular weight excluding hydrogens is 178 g/mol. The number of aromatic nitrogens is 3. The Kier molecular flexibility index (Phi) is 1.91. The fourth-order valence-corrected chi connectivity index (χ4v) is 1.82. The maximum Gasteiger partial charge on any atom is 0.0985 e. The normalized spacial score (nSPS) is 10.2. The highest BCUT2D eigenvalue weighted by Crippen LogP contribution is 2.09. The summed E-state index contributed by atoms with van der Waals surface area (Å²) in [6.07, 6.45) is 4.40. The van der Waals surface area contributed by atoms with E-state index >= 15 is 0 Å². The standard InChI is InChI=1S/C6H5N3S2/c1-2-10-6(7-1)3-5-4-8-11-9-5/h1-2,4H,3H2. The van der Waals surface area contributed by atoms with Crippen LogP contribution in [0.15, 0.2) is 17.8 Å². The van der Waals surface area contributed by atoms with Crippen molar-refractivity contribution in [2.75, 3.05) is 0 Å². The van der Waals surface area contributed by atoms with Crippen LogP contribution in [0.3, 0.4) is 0 Å². The summed E-state index contributed by atoms with van der Waals surface area (Å²) in [4.78, 5) is 4.15. The molecule has 0 aliphatic rings. The zero-order valence-corrected chi connectivity index (χ0v) is 7.23. The lowest BCUT2D eigenvalue weighted by molar-refractivity contribution is 1.09. The number of rotatable bonds is 2. The highest BCUT2D eigenvalue weighted by Gasteiger charge is 1.99. The van der Waals surface area contributed by atoms with E-state index in [1.54, 1.807) is 23.7 Å². The maximum absolute atomic E-state index is 4.15. The van der Waals surface area contributed by atoms with Gasteiger partial charge < -0.3 is 0 Å². The molecule has 0 aromatic carbocycles. The third-order valence-electron chi connectivity index (χ3n) is 1.22. The van der Waals surface area contributed by atoms with Gasteiger partial charge in [-0.05, 0) is 0 Å². The van der Waals surface area contributed by atoms with Crippen LogP contribution in [0.2, 0.25) is 0 Å². The fraction of sp³-hybridized carbons (Fsp3) is 0.167. The number of nitrogens with zero attached hydrogens (tertiary/aromatic N) is 3. The quantitative estimate of drug-likeness (QED) is 0.709. The molecule has 0 amide bonds. The Morgan fingerprint density at radius 2 is 2.45 bits per heavy atom. The highest BCUT2D eigenvalue weighted by atomic mass is 32.1. The topological polar surface area (TPSA) is 38.7 Å². The molecule has 0 radical (unpaired) electrons. The minimum atomic E-state index is 0.814. The number of thiazole rings is 1. The summed E-state index contributed by atoms with van der Waals surface area (Å²) in [7, 11) is 0. The molecule has 0 fully saturated rings. The lowest BCUT2D eigenvalue weighted by Gasteiger charge is -1.86. The first-order valence-corrected chi connectivity index (χ1v) is 4.71. The van der Waals surface area contributed by atoms with Crippen LogP contribution in [0, 0.1) is 0 Å². The molecule has 0 aliphatic heterocycles. The lowest BCUT2D eigenvalue weighted by Crippen LogP contribution is -1.84. The molecule has 0 bridgehead atoms. The predicted molar refractivity (Wildman–Crippen MR) is 44.8 cm³/mol. The molecule has 2 rings (SSSR count). The molecule has 11 heavy (non-hydrogen) atoms. The zero-order chi connectivity index (χ0) is 7.52. The van der Waals surface area contributed by atoms with E-state index in [0.29, 0.717) is 0 Å². The molecule has 0 saturated heterocycles. The van der Waals surface area contributed by atoms with Crippen LogP contribution in [0.4, 0.5) is 0 Å². The van der Waals surface area contributed by atoms with E-state index in [0.717, 1.165) is 17.1 Å². The second-order valence-electron chi connectivity index (χ2n) is 2.00. The minimum absolute atomic E-state index is 0.814. The van der Waals surface area contributed by atoms with Crippen LogP contribution in [0.25, 0.3) is 0 Å². The van der Waals surface area contributed by atoms with Gasteiger partial charge in [0.15, 0.2) is 0 Å². The largest absolute Gasteiger partial charge is 0.249 e. The van der Waals surface area contributed by atoms with Gasteiger partial charge in [0.25, 0.3) is 0 Å². The number of hydrogen-bond donors (Lipinski definition) is 0. The Bertz CT molecular complexity index is 268. The Morgan fingerprint density at radius 3 is 3.09 bits per heavy atom. The molecule has 2 heterocycles. The van der Waals surface area contributed by atoms with Gasteiger partial charge in [-0.15, -0.1) is 11.3 Å². The van der Waals surface area contributed by atoms with Gasteiger partial charge in [0.05, 0.1) is 28.6 Å². The van der Waals surface area contributed by atoms with Crippen molar-refractivity contribution in [3.63, 3.8) is 0 Å². The van der Waals surface area contributed by atoms with Crippen molar-refractivity contribution < 1.29 is 0 Å². The highest BCUT2D eigenvalue weighted by molar-refractivity contribution is 7.09. The molecule has 5 heteroatoms. The van der Waals surface area contributed by atoms with Crippen LogP contribution < -0.4 is 0 Å². The van der Waals surface area contributed by atoms with Crippen molar-refractivity contribution in [2.24, 2.45) is 0 Å². The van der Waals surface area contributed by atoms with Crippen molar-refractivity contribution in [1.82, 2.24) is 13.7 Å². The summed E-state index contributed by atoms with van der Waals surface area (Å²) in [6, 6.07) is 0. The third kappa shape index (κ3) is 1.61. The molecule has 56 valence electrons. The van der Waals surface area contributed by atoms with Crippen LogP contribution in [0.1, 0.15) is 10.7 Å². The Balaban J connectivity index is 2.14. The van der Waals surface area contributed by atoms with E-state index in [1.165, 1.54) is 11.7 Å². The fourth-order valence-electron chi connectivity index (χ4n) is 0.757. The van der Waals surface area contributed by atoms with Gasteiger partial charge in [0, 0.05) is 18.0 Å². The average Bonchev–Trinajstić information content (AvgIpc) is 2.60. The molecule has 0 saturated carbocycles. The van der Waals surface area contributed by atoms with Crippen molar-refractivity contribution in [3.8, 4) is 0 Å². The minimum Gasteiger partial charge on any atom is -0.249 e. The predicted octanol–water partition coefficient (Wildman–Crippen LogP) is 1.59. The third-order valence-corrected chi connectivity index (χ3v) is 2.52. The molecule has 2 aromatic heterocycles. The molecular formula is C6H5N3S2. The van der Waals surface area contributed by atoms with E-state index < -0.39 is 0 Å². The number of hydrogen-bond acceptors (Lipinski definition) is 5. The van der Waals surface area contributed by atoms with Gasteiger partial charge in [0.2, 0.25) is 0 Å². The Morgan fingerprint density at radius 1 is 1.45 bits per heavy atom. The van der Waals surface area contributed by atoms with E-state index in [-0.39, 0.29) is 0 Å². The summed E-state index contributed by atoms with van der Waals surface area (Å²) in [6.45, 7) is 0. The molecule has 0 spiro atoms. The van der Waals surface area contributed by atoms with Gasteiger partial charge in [-0.1, -0.05) is 0 Å². The van der Waals surface area contributed by atoms with Crippen LogP contribution in [-0.2, 0) is 6.42 Å². The summed E-state index contributed by atoms with van der Waals surface area (Å²) >= 11 is 2.89. The molecule has 0 N–H and O–H groups in total. The molecule has 0 aliphatic carbocycles. The van der Waals surface area contributed by atoms with E-state index in [9.17, 15) is 0 Å². The Hall–Kier alpha value is -0.810. The second-order valence-corrected chi connectivity index (χ2v) is 3.54. The van der Waals surface area contributed by atoms with Crippen molar-refractivity contribution in [1.29, 1.82) is 0 Å². The van der Waals surface area contributed by atoms with Gasteiger partial charge in [0.1, 0.15) is 0 Å². The zero-order valence-electron chi connectivity index (χ0n) is 5.60. The second kappa shape index (κ2) is 3.06. The van der Waals surface area contributed by atoms with Crippen LogP contribution in [0.5, 0.6) is 0 Å². The summed E-state index contributed by atoms with van der Waals surface area (Å²) < 4.78 is 8.00. The van der Waals surface area contributed by atoms with Crippen molar-refractivity contribution in [2.45, 2.75) is 6.42 Å². The Labute approximate surface area is 72.1 Å². The first-order chi connectivity index (χ1) is 5.45. The van der Waals surface area contributed by atoms with Crippen molar-refractivity contribution in [3.05, 3.63) is 28.5 Å². The first kappa shape index (κ1) is 6.87. The van der Waals surface area contributed by atoms with E-state index in [2.05, 4.69) is 13.7 Å². The maximum atomic E-state index is 4.15. The van der Waals surface area contributed by atoms with Crippen LogP contribution >= 0.6 is 23.1 Å². The van der Waals surface area contributed by atoms with Gasteiger partial charge in [-0.2, -0.15) is 8.75 Å². The molecule has 0 atom stereocenters. The molecule has 3 nitrogen and oxygen atoms in total. The first-order valence-electron chi connectivity index (χ1n) is 3.10. The van der Waals surface area contributed by atoms with Crippen molar-refractivity contribution >= 4 is 23.1 Å². The summed E-state index contributed by atoms with van der Waals surface area (Å²) in [5, 5.41) is 3.06. The average molecular weight is 183 g/mol. The molecule has 0 unspecified atom stereocenters.